The smallest absolute Gasteiger partial charge is 0.171 e. The Bertz CT molecular complexity index is 492. The molecule has 0 aromatic heterocycles. The molecule has 0 nitrogen and oxygen atoms in total. The quantitative estimate of drug-likeness (QED) is 0.325. The highest BCUT2D eigenvalue weighted by molar-refractivity contribution is 6.93. The van der Waals surface area contributed by atoms with Crippen LogP contribution in [0.4, 0.5) is 0 Å². The summed E-state index contributed by atoms with van der Waals surface area (Å²) < 4.78 is 0. The molecule has 0 N–H and O–H groups in total. The maximum atomic E-state index is 6.11. The Morgan fingerprint density at radius 3 is 1.87 bits per heavy atom. The van der Waals surface area contributed by atoms with Gasteiger partial charge in [0.2, 0.25) is 0 Å². The molecule has 0 saturated heterocycles. The van der Waals surface area contributed by atoms with Gasteiger partial charge in [-0.3, -0.25) is 0 Å². The lowest BCUT2D eigenvalue weighted by Gasteiger charge is -2.36. The van der Waals surface area contributed by atoms with Crippen LogP contribution in [0.1, 0.15) is 19.3 Å². The molecule has 8 unspecified atom stereocenters. The summed E-state index contributed by atoms with van der Waals surface area (Å²) in [4.78, 5) is 0. The average Bonchev–Trinajstić information content (AvgIpc) is 3.34. The van der Waals surface area contributed by atoms with Crippen molar-refractivity contribution in [3.63, 3.8) is 0 Å². The van der Waals surface area contributed by atoms with Crippen LogP contribution in [0.3, 0.4) is 0 Å². The molecule has 2 heteroatoms. The first-order valence-corrected chi connectivity index (χ1v) is 11.5. The minimum Gasteiger partial charge on any atom is -0.171 e. The van der Waals surface area contributed by atoms with Crippen LogP contribution >= 0.6 is 11.1 Å². The van der Waals surface area contributed by atoms with Crippen molar-refractivity contribution in [3.8, 4) is 0 Å². The maximum Gasteiger partial charge on any atom is 0.171 e. The lowest BCUT2D eigenvalue weighted by molar-refractivity contribution is 0.145. The zero-order valence-electron chi connectivity index (χ0n) is 13.8. The molecule has 23 heavy (non-hydrogen) atoms. The minimum absolute atomic E-state index is 0.571. The summed E-state index contributed by atoms with van der Waals surface area (Å²) in [6.45, 7) is 8.21. The Kier molecular flexibility index (Phi) is 4.45. The summed E-state index contributed by atoms with van der Waals surface area (Å²) in [5.41, 5.74) is 0. The third-order valence-electron chi connectivity index (χ3n) is 7.28. The van der Waals surface area contributed by atoms with Gasteiger partial charge >= 0.3 is 0 Å². The monoisotopic (exact) mass is 342 g/mol. The van der Waals surface area contributed by atoms with Gasteiger partial charge < -0.3 is 0 Å². The van der Waals surface area contributed by atoms with Crippen molar-refractivity contribution in [2.24, 2.45) is 53.3 Å². The fourth-order valence-electron chi connectivity index (χ4n) is 6.47. The molecule has 4 bridgehead atoms. The Balaban J connectivity index is 1.60. The molecule has 0 amide bonds. The molecule has 2 radical (unpaired) electrons. The Morgan fingerprint density at radius 1 is 0.957 bits per heavy atom. The predicted octanol–water partition coefficient (Wildman–Crippen LogP) is 5.52. The highest BCUT2D eigenvalue weighted by Crippen LogP contribution is 2.60. The van der Waals surface area contributed by atoms with Gasteiger partial charge in [-0.2, -0.15) is 11.1 Å². The van der Waals surface area contributed by atoms with E-state index in [0.717, 1.165) is 41.4 Å². The molecule has 0 heterocycles. The second-order valence-electron chi connectivity index (χ2n) is 8.01. The Hall–Kier alpha value is -0.533. The van der Waals surface area contributed by atoms with Crippen molar-refractivity contribution in [3.05, 3.63) is 49.6 Å². The molecule has 0 aromatic rings. The third-order valence-corrected chi connectivity index (χ3v) is 8.33. The topological polar surface area (TPSA) is 0 Å². The first kappa shape index (κ1) is 16.0. The first-order valence-electron chi connectivity index (χ1n) is 9.23. The van der Waals surface area contributed by atoms with E-state index in [-0.39, 0.29) is 0 Å². The summed E-state index contributed by atoms with van der Waals surface area (Å²) in [6.07, 6.45) is 18.5. The van der Waals surface area contributed by atoms with Crippen molar-refractivity contribution < 1.29 is 0 Å². The molecule has 4 rings (SSSR count). The van der Waals surface area contributed by atoms with Crippen molar-refractivity contribution in [1.29, 1.82) is 0 Å². The van der Waals surface area contributed by atoms with E-state index in [1.165, 1.54) is 25.3 Å². The Morgan fingerprint density at radius 2 is 1.48 bits per heavy atom. The SMILES string of the molecule is C=CC1CC2C=CC1C2C(CC[Si]Cl)C1C2C=CC1C(C=C)C2. The van der Waals surface area contributed by atoms with Crippen molar-refractivity contribution in [2.75, 3.05) is 0 Å². The lowest BCUT2D eigenvalue weighted by atomic mass is 9.69. The molecule has 0 spiro atoms. The fraction of sp³-hybridized carbons (Fsp3) is 0.619. The second-order valence-corrected chi connectivity index (χ2v) is 9.58. The van der Waals surface area contributed by atoms with Crippen LogP contribution in [0.25, 0.3) is 0 Å². The van der Waals surface area contributed by atoms with Gasteiger partial charge in [0.05, 0.1) is 0 Å². The molecule has 4 aliphatic rings. The van der Waals surface area contributed by atoms with Gasteiger partial charge in [-0.25, -0.2) is 0 Å². The van der Waals surface area contributed by atoms with E-state index in [4.69, 9.17) is 11.1 Å². The first-order chi connectivity index (χ1) is 11.3. The van der Waals surface area contributed by atoms with Gasteiger partial charge in [-0.1, -0.05) is 42.9 Å². The summed E-state index contributed by atoms with van der Waals surface area (Å²) in [5.74, 6) is 6.96. The summed E-state index contributed by atoms with van der Waals surface area (Å²) in [7, 11) is 0.571. The van der Waals surface area contributed by atoms with Gasteiger partial charge in [0.25, 0.3) is 0 Å². The summed E-state index contributed by atoms with van der Waals surface area (Å²) >= 11 is 6.11. The highest BCUT2D eigenvalue weighted by atomic mass is 35.6. The number of hydrogen-bond donors (Lipinski definition) is 0. The van der Waals surface area contributed by atoms with Gasteiger partial charge in [0, 0.05) is 0 Å². The molecule has 0 aliphatic heterocycles. The lowest BCUT2D eigenvalue weighted by Crippen LogP contribution is -2.31. The van der Waals surface area contributed by atoms with Crippen LogP contribution in [0.2, 0.25) is 6.04 Å². The summed E-state index contributed by atoms with van der Waals surface area (Å²) in [5, 5.41) is 0. The van der Waals surface area contributed by atoms with Gasteiger partial charge in [-0.05, 0) is 72.1 Å². The van der Waals surface area contributed by atoms with E-state index >= 15 is 0 Å². The largest absolute Gasteiger partial charge is 0.171 e. The average molecular weight is 343 g/mol. The normalized spacial score (nSPS) is 47.3. The molecule has 2 saturated carbocycles. The molecule has 4 aliphatic carbocycles. The molecule has 0 aromatic carbocycles. The van der Waals surface area contributed by atoms with E-state index in [2.05, 4.69) is 49.6 Å². The van der Waals surface area contributed by atoms with E-state index in [0.29, 0.717) is 20.7 Å². The number of fused-ring (bicyclic) bond motifs is 4. The molecule has 2 fully saturated rings. The van der Waals surface area contributed by atoms with Gasteiger partial charge in [0.15, 0.2) is 8.83 Å². The van der Waals surface area contributed by atoms with E-state index < -0.39 is 0 Å². The number of halogens is 1. The van der Waals surface area contributed by atoms with Crippen LogP contribution in [-0.2, 0) is 0 Å². The second kappa shape index (κ2) is 6.41. The molecule has 122 valence electrons. The van der Waals surface area contributed by atoms with E-state index in [9.17, 15) is 0 Å². The molecule has 8 atom stereocenters. The van der Waals surface area contributed by atoms with Gasteiger partial charge in [-0.15, -0.1) is 13.2 Å². The molecular formula is C21H27ClSi. The maximum absolute atomic E-state index is 6.11. The van der Waals surface area contributed by atoms with Crippen LogP contribution < -0.4 is 0 Å². The van der Waals surface area contributed by atoms with Crippen LogP contribution in [0.15, 0.2) is 49.6 Å². The van der Waals surface area contributed by atoms with Crippen LogP contribution in [-0.4, -0.2) is 8.83 Å². The predicted molar refractivity (Wildman–Crippen MR) is 100 cm³/mol. The van der Waals surface area contributed by atoms with Crippen molar-refractivity contribution in [1.82, 2.24) is 0 Å². The van der Waals surface area contributed by atoms with Crippen molar-refractivity contribution in [2.45, 2.75) is 25.3 Å². The number of allylic oxidation sites excluding steroid dienone is 6. The fourth-order valence-corrected chi connectivity index (χ4v) is 7.24. The van der Waals surface area contributed by atoms with Crippen molar-refractivity contribution >= 4 is 19.9 Å². The Labute approximate surface area is 148 Å². The highest BCUT2D eigenvalue weighted by Gasteiger charge is 2.54. The number of rotatable bonds is 7. The standard InChI is InChI=1S/C21H27ClSi/c1-3-13-11-15-5-7-17(13)20(15)19(9-10-23-22)21-16-6-8-18(21)14(4-2)12-16/h3-8,13-21H,1-2,9-12H2. The zero-order chi connectivity index (χ0) is 16.0. The molecular weight excluding hydrogens is 316 g/mol. The van der Waals surface area contributed by atoms with E-state index in [1.54, 1.807) is 0 Å². The van der Waals surface area contributed by atoms with Crippen LogP contribution in [0.5, 0.6) is 0 Å². The third kappa shape index (κ3) is 2.46. The van der Waals surface area contributed by atoms with Gasteiger partial charge in [0.1, 0.15) is 0 Å². The van der Waals surface area contributed by atoms with E-state index in [1.807, 2.05) is 0 Å². The number of hydrogen-bond acceptors (Lipinski definition) is 0. The summed E-state index contributed by atoms with van der Waals surface area (Å²) in [6, 6.07) is 1.19. The minimum atomic E-state index is 0.571. The van der Waals surface area contributed by atoms with Crippen LogP contribution in [0, 0.1) is 53.3 Å². The zero-order valence-corrected chi connectivity index (χ0v) is 15.5.